The number of benzene rings is 3. The van der Waals surface area contributed by atoms with Gasteiger partial charge in [-0.1, -0.05) is 24.3 Å². The van der Waals surface area contributed by atoms with Crippen molar-refractivity contribution in [2.75, 3.05) is 6.61 Å². The van der Waals surface area contributed by atoms with Crippen LogP contribution in [0.4, 0.5) is 0 Å². The first-order chi connectivity index (χ1) is 16.0. The molecular formula is C27H24O6. The lowest BCUT2D eigenvalue weighted by atomic mass is 10.1. The minimum Gasteiger partial charge on any atom is -0.489 e. The second kappa shape index (κ2) is 9.61. The maximum Gasteiger partial charge on any atom is 0.338 e. The van der Waals surface area contributed by atoms with Crippen LogP contribution in [-0.4, -0.2) is 12.6 Å². The van der Waals surface area contributed by atoms with Crippen molar-refractivity contribution in [3.8, 4) is 17.2 Å². The van der Waals surface area contributed by atoms with Gasteiger partial charge in [0, 0.05) is 6.07 Å². The lowest BCUT2D eigenvalue weighted by molar-refractivity contribution is 0.0526. The average molecular weight is 444 g/mol. The molecule has 4 rings (SSSR count). The molecule has 1 aromatic heterocycles. The average Bonchev–Trinajstić information content (AvgIpc) is 2.81. The van der Waals surface area contributed by atoms with Crippen LogP contribution < -0.4 is 14.9 Å². The number of aryl methyl sites for hydroxylation is 2. The highest BCUT2D eigenvalue weighted by Gasteiger charge is 2.15. The first-order valence-corrected chi connectivity index (χ1v) is 10.7. The SMILES string of the molecule is CCOC(=O)c1ccc(Oc2c(C)oc3cc(OCc4ccccc4C)ccc3c2=O)cc1. The van der Waals surface area contributed by atoms with Gasteiger partial charge in [0.15, 0.2) is 0 Å². The second-order valence-electron chi connectivity index (χ2n) is 7.54. The summed E-state index contributed by atoms with van der Waals surface area (Å²) >= 11 is 0. The van der Waals surface area contributed by atoms with Crippen LogP contribution in [0.1, 0.15) is 34.2 Å². The second-order valence-corrected chi connectivity index (χ2v) is 7.54. The Bertz CT molecular complexity index is 1350. The maximum absolute atomic E-state index is 13.0. The van der Waals surface area contributed by atoms with Gasteiger partial charge in [-0.05, 0) is 68.3 Å². The van der Waals surface area contributed by atoms with Gasteiger partial charge in [0.2, 0.25) is 11.2 Å². The zero-order chi connectivity index (χ0) is 23.4. The third kappa shape index (κ3) is 4.90. The fraction of sp³-hybridized carbons (Fsp3) is 0.185. The highest BCUT2D eigenvalue weighted by Crippen LogP contribution is 2.28. The number of hydrogen-bond acceptors (Lipinski definition) is 6. The summed E-state index contributed by atoms with van der Waals surface area (Å²) in [5.74, 6) is 1.05. The van der Waals surface area contributed by atoms with Crippen molar-refractivity contribution < 1.29 is 23.4 Å². The zero-order valence-corrected chi connectivity index (χ0v) is 18.7. The number of fused-ring (bicyclic) bond motifs is 1. The molecule has 6 nitrogen and oxygen atoms in total. The van der Waals surface area contributed by atoms with Crippen molar-refractivity contribution in [2.24, 2.45) is 0 Å². The van der Waals surface area contributed by atoms with Crippen molar-refractivity contribution in [3.63, 3.8) is 0 Å². The topological polar surface area (TPSA) is 75.0 Å². The number of ether oxygens (including phenoxy) is 3. The summed E-state index contributed by atoms with van der Waals surface area (Å²) in [7, 11) is 0. The third-order valence-electron chi connectivity index (χ3n) is 5.23. The Hall–Kier alpha value is -4.06. The maximum atomic E-state index is 13.0. The van der Waals surface area contributed by atoms with E-state index in [4.69, 9.17) is 18.6 Å². The first kappa shape index (κ1) is 22.1. The van der Waals surface area contributed by atoms with E-state index in [1.54, 1.807) is 56.3 Å². The van der Waals surface area contributed by atoms with E-state index >= 15 is 0 Å². The molecule has 3 aromatic carbocycles. The number of carbonyl (C=O) groups excluding carboxylic acids is 1. The third-order valence-corrected chi connectivity index (χ3v) is 5.23. The van der Waals surface area contributed by atoms with E-state index in [1.807, 2.05) is 31.2 Å². The molecule has 0 radical (unpaired) electrons. The van der Waals surface area contributed by atoms with E-state index in [0.717, 1.165) is 11.1 Å². The Morgan fingerprint density at radius 1 is 0.939 bits per heavy atom. The molecular weight excluding hydrogens is 420 g/mol. The quantitative estimate of drug-likeness (QED) is 0.328. The standard InChI is InChI=1S/C27H24O6/c1-4-30-27(29)19-9-11-21(12-10-19)33-26-18(3)32-24-15-22(13-14-23(24)25(26)28)31-16-20-8-6-5-7-17(20)2/h5-15H,4,16H2,1-3H3. The monoisotopic (exact) mass is 444 g/mol. The van der Waals surface area contributed by atoms with E-state index in [-0.39, 0.29) is 11.2 Å². The van der Waals surface area contributed by atoms with Gasteiger partial charge < -0.3 is 18.6 Å². The van der Waals surface area contributed by atoms with Crippen molar-refractivity contribution in [2.45, 2.75) is 27.4 Å². The number of rotatable bonds is 7. The molecule has 4 aromatic rings. The van der Waals surface area contributed by atoms with Crippen LogP contribution >= 0.6 is 0 Å². The molecule has 0 spiro atoms. The molecule has 33 heavy (non-hydrogen) atoms. The van der Waals surface area contributed by atoms with Crippen LogP contribution in [0.5, 0.6) is 17.2 Å². The minimum atomic E-state index is -0.411. The van der Waals surface area contributed by atoms with Gasteiger partial charge in [0.05, 0.1) is 17.6 Å². The smallest absolute Gasteiger partial charge is 0.338 e. The molecule has 0 aliphatic heterocycles. The summed E-state index contributed by atoms with van der Waals surface area (Å²) in [5, 5.41) is 0.391. The van der Waals surface area contributed by atoms with Crippen LogP contribution in [-0.2, 0) is 11.3 Å². The molecule has 0 amide bonds. The van der Waals surface area contributed by atoms with Gasteiger partial charge >= 0.3 is 5.97 Å². The van der Waals surface area contributed by atoms with Gasteiger partial charge in [-0.25, -0.2) is 4.79 Å². The molecule has 0 bridgehead atoms. The Balaban J connectivity index is 1.55. The van der Waals surface area contributed by atoms with Crippen molar-refractivity contribution in [3.05, 3.63) is 99.4 Å². The summed E-state index contributed by atoms with van der Waals surface area (Å²) in [6, 6.07) is 19.5. The number of carbonyl (C=O) groups is 1. The molecule has 0 fully saturated rings. The van der Waals surface area contributed by atoms with Crippen molar-refractivity contribution in [1.82, 2.24) is 0 Å². The van der Waals surface area contributed by atoms with Gasteiger partial charge in [-0.3, -0.25) is 4.79 Å². The van der Waals surface area contributed by atoms with Crippen molar-refractivity contribution >= 4 is 16.9 Å². The molecule has 0 saturated heterocycles. The van der Waals surface area contributed by atoms with Gasteiger partial charge in [-0.2, -0.15) is 0 Å². The Labute approximate surface area is 191 Å². The van der Waals surface area contributed by atoms with Crippen LogP contribution in [0, 0.1) is 13.8 Å². The molecule has 6 heteroatoms. The minimum absolute atomic E-state index is 0.0972. The predicted molar refractivity (Wildman–Crippen MR) is 125 cm³/mol. The van der Waals surface area contributed by atoms with Crippen LogP contribution in [0.15, 0.2) is 75.9 Å². The molecule has 0 atom stereocenters. The van der Waals surface area contributed by atoms with Gasteiger partial charge in [0.25, 0.3) is 0 Å². The molecule has 0 aliphatic carbocycles. The fourth-order valence-corrected chi connectivity index (χ4v) is 3.40. The molecule has 0 unspecified atom stereocenters. The first-order valence-electron chi connectivity index (χ1n) is 10.7. The van der Waals surface area contributed by atoms with Crippen molar-refractivity contribution in [1.29, 1.82) is 0 Å². The lowest BCUT2D eigenvalue weighted by Gasteiger charge is -2.11. The highest BCUT2D eigenvalue weighted by atomic mass is 16.5. The summed E-state index contributed by atoms with van der Waals surface area (Å²) in [5.41, 5.74) is 2.79. The largest absolute Gasteiger partial charge is 0.489 e. The predicted octanol–water partition coefficient (Wildman–Crippen LogP) is 5.96. The molecule has 0 saturated carbocycles. The Morgan fingerprint density at radius 2 is 1.67 bits per heavy atom. The number of esters is 1. The van der Waals surface area contributed by atoms with Gasteiger partial charge in [-0.15, -0.1) is 0 Å². The molecule has 168 valence electrons. The normalized spacial score (nSPS) is 10.8. The van der Waals surface area contributed by atoms with Gasteiger partial charge in [0.1, 0.15) is 29.4 Å². The fourth-order valence-electron chi connectivity index (χ4n) is 3.40. The van der Waals surface area contributed by atoms with E-state index in [1.165, 1.54) is 0 Å². The van der Waals surface area contributed by atoms with Crippen LogP contribution in [0.3, 0.4) is 0 Å². The Morgan fingerprint density at radius 3 is 2.39 bits per heavy atom. The van der Waals surface area contributed by atoms with E-state index < -0.39 is 5.97 Å². The summed E-state index contributed by atoms with van der Waals surface area (Å²) < 4.78 is 22.6. The van der Waals surface area contributed by atoms with E-state index in [2.05, 4.69) is 0 Å². The zero-order valence-electron chi connectivity index (χ0n) is 18.7. The molecule has 0 aliphatic rings. The lowest BCUT2D eigenvalue weighted by Crippen LogP contribution is -2.08. The summed E-state index contributed by atoms with van der Waals surface area (Å²) in [6.45, 7) is 6.17. The van der Waals surface area contributed by atoms with Crippen LogP contribution in [0.25, 0.3) is 11.0 Å². The molecule has 0 N–H and O–H groups in total. The Kier molecular flexibility index (Phi) is 6.45. The number of hydrogen-bond donors (Lipinski definition) is 0. The molecule has 1 heterocycles. The van der Waals surface area contributed by atoms with E-state index in [0.29, 0.717) is 47.0 Å². The highest BCUT2D eigenvalue weighted by molar-refractivity contribution is 5.89. The summed E-state index contributed by atoms with van der Waals surface area (Å²) in [4.78, 5) is 24.9. The van der Waals surface area contributed by atoms with Crippen LogP contribution in [0.2, 0.25) is 0 Å². The van der Waals surface area contributed by atoms with E-state index in [9.17, 15) is 9.59 Å². The summed E-state index contributed by atoms with van der Waals surface area (Å²) in [6.07, 6.45) is 0.